The van der Waals surface area contributed by atoms with E-state index in [0.717, 1.165) is 0 Å². The zero-order valence-corrected chi connectivity index (χ0v) is 77.9. The summed E-state index contributed by atoms with van der Waals surface area (Å²) in [5.74, 6) is -22.8. The van der Waals surface area contributed by atoms with Crippen LogP contribution in [0.4, 0.5) is 0 Å². The zero-order valence-electron chi connectivity index (χ0n) is 72.5. The first-order valence-electron chi connectivity index (χ1n) is 41.4. The third kappa shape index (κ3) is 39.6. The number of carbonyl (C=O) groups excluding carboxylic acids is 18. The number of hydrogen-bond donors (Lipinski definition) is 29. The molecule has 27 N–H and O–H groups in total. The molecule has 1 saturated heterocycles. The Bertz CT molecular complexity index is 3910. The van der Waals surface area contributed by atoms with Gasteiger partial charge in [-0.05, 0) is 73.0 Å². The second-order valence-corrected chi connectivity index (χ2v) is 32.6. The molecule has 1 aromatic rings. The van der Waals surface area contributed by atoms with Gasteiger partial charge in [0.25, 0.3) is 0 Å². The highest BCUT2D eigenvalue weighted by Gasteiger charge is 2.40. The van der Waals surface area contributed by atoms with Crippen molar-refractivity contribution < 1.29 is 91.4 Å². The molecule has 1 aromatic carbocycles. The third-order valence-electron chi connectivity index (χ3n) is 20.8. The molecule has 0 bridgehead atoms. The van der Waals surface area contributed by atoms with Crippen LogP contribution in [0.3, 0.4) is 0 Å². The number of benzene rings is 1. The predicted molar refractivity (Wildman–Crippen MR) is 491 cm³/mol. The van der Waals surface area contributed by atoms with Crippen LogP contribution >= 0.6 is 75.8 Å². The van der Waals surface area contributed by atoms with Gasteiger partial charge >= 0.3 is 0 Å². The minimum atomic E-state index is -1.52. The van der Waals surface area contributed by atoms with Crippen molar-refractivity contribution in [2.75, 3.05) is 73.8 Å². The summed E-state index contributed by atoms with van der Waals surface area (Å²) >= 11 is 25.8. The number of carbonyl (C=O) groups is 18. The van der Waals surface area contributed by atoms with Gasteiger partial charge in [0, 0.05) is 54.0 Å². The van der Waals surface area contributed by atoms with E-state index in [1.807, 2.05) is 0 Å². The number of amides is 18. The largest absolute Gasteiger partial charge is 0.508 e. The van der Waals surface area contributed by atoms with Crippen LogP contribution < -0.4 is 119 Å². The maximum atomic E-state index is 14.3. The normalized spacial score (nSPS) is 25.7. The number of nitrogens with zero attached hydrogens (tertiary/aromatic N) is 2. The summed E-state index contributed by atoms with van der Waals surface area (Å²) in [5.41, 5.74) is 22.5. The van der Waals surface area contributed by atoms with Gasteiger partial charge in [0.2, 0.25) is 106 Å². The van der Waals surface area contributed by atoms with Gasteiger partial charge in [-0.1, -0.05) is 113 Å². The number of guanidine groups is 2. The maximum Gasteiger partial charge on any atom is 0.244 e. The van der Waals surface area contributed by atoms with E-state index in [9.17, 15) is 91.4 Å². The molecule has 1 fully saturated rings. The molecule has 1 aliphatic heterocycles. The molecule has 1 heterocycles. The summed E-state index contributed by atoms with van der Waals surface area (Å²) in [4.78, 5) is 261. The first-order chi connectivity index (χ1) is 59.5. The van der Waals surface area contributed by atoms with Crippen LogP contribution in [0.5, 0.6) is 5.75 Å². The number of hydrogen-bond acceptors (Lipinski definition) is 27. The standard InChI is InChI=1S/C77H130N24O19S6/c1-11-37(6)57-71(116)94-49(33-123)67(112)90-45(19-17-25-83-77(80)81)66(111)91-50(34-124)68(113)99-59(39(8)13-3)73(118)92-47(31-121)64(109)86-27-53(103)88-44(18-16-24-82-76(78)79)62(107)84-29-55(105)97-58(38(7)12-2)72(117)95-51(35-125)69(114)101-61(41(10)15-5)75(120)96-52(36-126)70(115)100-60(40(9)14-4)74(119)93-48(32-122)65(110)87-28-54(104)89-46(63(108)85-30-56(106)98-57)26-42-20-22-43(102)23-21-42/h20-23,37-41,44-52,57-61,102,121-126H,11-19,24-36H2,1-10H3,(H,84,107)(H,85,108)(H,86,109)(H,87,110)(H,88,103)(H,89,104)(H,90,112)(H,91,111)(H,92,118)(H,93,119)(H,94,116)(H,95,117)(H,96,120)(H,97,105)(H,98,106)(H,99,113)(H,100,115)(H,101,114)(H4,78,79,82)(H4,80,81,83)/t37-,38-,39-,40-,41-,44-,45-,46-,47-,48-,49-,50-,51-,52-,57-,58-,59-,60-,61-/m0/s1. The molecule has 126 heavy (non-hydrogen) atoms. The molecule has 18 amide bonds. The van der Waals surface area contributed by atoms with Crippen LogP contribution in [-0.2, 0) is 92.7 Å². The Balaban J connectivity index is 2.78. The molecule has 1 aliphatic rings. The maximum absolute atomic E-state index is 14.3. The van der Waals surface area contributed by atoms with Crippen molar-refractivity contribution in [3.63, 3.8) is 0 Å². The lowest BCUT2D eigenvalue weighted by Gasteiger charge is -2.30. The van der Waals surface area contributed by atoms with Gasteiger partial charge in [0.1, 0.15) is 90.3 Å². The minimum Gasteiger partial charge on any atom is -0.508 e. The number of nitrogens with two attached hydrogens (primary N) is 4. The molecule has 49 heteroatoms. The highest BCUT2D eigenvalue weighted by Crippen LogP contribution is 2.18. The number of rotatable bonds is 26. The predicted octanol–water partition coefficient (Wildman–Crippen LogP) is -6.88. The highest BCUT2D eigenvalue weighted by atomic mass is 32.1. The first-order valence-corrected chi connectivity index (χ1v) is 45.2. The summed E-state index contributed by atoms with van der Waals surface area (Å²) in [6.45, 7) is 13.4. The fraction of sp³-hybridized carbons (Fsp3) is 0.662. The van der Waals surface area contributed by atoms with Crippen molar-refractivity contribution in [3.8, 4) is 5.75 Å². The van der Waals surface area contributed by atoms with Gasteiger partial charge in [-0.15, -0.1) is 0 Å². The highest BCUT2D eigenvalue weighted by molar-refractivity contribution is 7.81. The van der Waals surface area contributed by atoms with Crippen LogP contribution in [0.15, 0.2) is 34.3 Å². The average molecular weight is 1890 g/mol. The molecule has 708 valence electrons. The van der Waals surface area contributed by atoms with Crippen molar-refractivity contribution in [1.29, 1.82) is 0 Å². The summed E-state index contributed by atoms with van der Waals surface area (Å²) in [7, 11) is 0. The van der Waals surface area contributed by atoms with E-state index < -0.39 is 258 Å². The fourth-order valence-electron chi connectivity index (χ4n) is 12.0. The Hall–Kier alpha value is -9.88. The van der Waals surface area contributed by atoms with Crippen LogP contribution in [0.25, 0.3) is 0 Å². The van der Waals surface area contributed by atoms with Crippen LogP contribution in [0.1, 0.15) is 133 Å². The van der Waals surface area contributed by atoms with E-state index >= 15 is 0 Å². The molecule has 0 spiro atoms. The van der Waals surface area contributed by atoms with Gasteiger partial charge in [-0.3, -0.25) is 96.3 Å². The number of phenols is 1. The van der Waals surface area contributed by atoms with Crippen molar-refractivity contribution in [1.82, 2.24) is 95.7 Å². The third-order valence-corrected chi connectivity index (χ3v) is 23.0. The van der Waals surface area contributed by atoms with E-state index in [-0.39, 0.29) is 118 Å². The second kappa shape index (κ2) is 59.2. The lowest BCUT2D eigenvalue weighted by Crippen LogP contribution is -2.62. The smallest absolute Gasteiger partial charge is 0.244 e. The van der Waals surface area contributed by atoms with E-state index in [1.54, 1.807) is 69.2 Å². The summed E-state index contributed by atoms with van der Waals surface area (Å²) in [6.07, 6.45) is 0.937. The van der Waals surface area contributed by atoms with Crippen molar-refractivity contribution in [3.05, 3.63) is 29.8 Å². The SMILES string of the molecule is CC[C@H](C)[C@@H]1NC(=O)CNC(=O)[C@H](Cc2ccc(O)cc2)NC(=O)CNC(=O)[C@H](CS)NC(=O)[C@H]([C@@H](C)CC)NC(=O)[C@H](CS)NC(=O)[C@H]([C@@H](C)CC)NC(=O)[C@H](CS)NC(=O)[C@H]([C@@H](C)CC)NC(=O)CNC(=O)[C@H](CCCN=C(N)N)NC(=O)CNC(=O)[C@H](CS)NC(=O)[C@H]([C@@H](C)CC)NC(=O)[C@H](CS)NC(=O)[C@H](CCCN=C(N)N)NC(=O)[C@H](CS)NC1=O. The first kappa shape index (κ1) is 112. The number of nitrogens with one attached hydrogen (secondary N) is 18. The Morgan fingerprint density at radius 2 is 0.524 bits per heavy atom. The quantitative estimate of drug-likeness (QED) is 0.0177. The van der Waals surface area contributed by atoms with Gasteiger partial charge in [0.05, 0.1) is 26.2 Å². The zero-order chi connectivity index (χ0) is 95.2. The molecular weight excluding hydrogens is 1760 g/mol. The van der Waals surface area contributed by atoms with Crippen molar-refractivity contribution in [2.24, 2.45) is 62.5 Å². The van der Waals surface area contributed by atoms with Gasteiger partial charge < -0.3 is 124 Å². The van der Waals surface area contributed by atoms with E-state index in [1.165, 1.54) is 24.3 Å². The molecule has 43 nitrogen and oxygen atoms in total. The van der Waals surface area contributed by atoms with Gasteiger partial charge in [0.15, 0.2) is 11.9 Å². The topological polar surface area (TPSA) is 673 Å². The Morgan fingerprint density at radius 3 is 0.802 bits per heavy atom. The van der Waals surface area contributed by atoms with Crippen molar-refractivity contribution in [2.45, 2.75) is 218 Å². The Kier molecular flexibility index (Phi) is 52.7. The van der Waals surface area contributed by atoms with E-state index in [4.69, 9.17) is 22.9 Å². The number of thiol groups is 6. The van der Waals surface area contributed by atoms with Gasteiger partial charge in [-0.2, -0.15) is 75.8 Å². The molecule has 2 rings (SSSR count). The summed E-state index contributed by atoms with van der Waals surface area (Å²) in [5, 5.41) is 55.5. The van der Waals surface area contributed by atoms with E-state index in [2.05, 4.69) is 181 Å². The van der Waals surface area contributed by atoms with Crippen molar-refractivity contribution >= 4 is 194 Å². The molecule has 0 aliphatic carbocycles. The molecular formula is C77H130N24O19S6. The van der Waals surface area contributed by atoms with Crippen LogP contribution in [-0.4, -0.2) is 282 Å². The molecule has 0 radical (unpaired) electrons. The fourth-order valence-corrected chi connectivity index (χ4v) is 13.6. The average Bonchev–Trinajstić information content (AvgIpc) is 0.959. The van der Waals surface area contributed by atoms with E-state index in [0.29, 0.717) is 5.56 Å². The van der Waals surface area contributed by atoms with Crippen LogP contribution in [0.2, 0.25) is 0 Å². The summed E-state index contributed by atoms with van der Waals surface area (Å²) in [6, 6.07) is -14.7. The molecule has 19 atom stereocenters. The molecule has 0 aromatic heterocycles. The number of phenolic OH excluding ortho intramolecular Hbond substituents is 1. The molecule has 0 saturated carbocycles. The summed E-state index contributed by atoms with van der Waals surface area (Å²) < 4.78 is 0. The Morgan fingerprint density at radius 1 is 0.310 bits per heavy atom. The number of aromatic hydroxyl groups is 1. The lowest BCUT2D eigenvalue weighted by atomic mass is 9.96. The molecule has 0 unspecified atom stereocenters. The monoisotopic (exact) mass is 1890 g/mol. The van der Waals surface area contributed by atoms with Gasteiger partial charge in [-0.25, -0.2) is 0 Å². The van der Waals surface area contributed by atoms with Crippen LogP contribution in [0, 0.1) is 29.6 Å². The number of aliphatic imine (C=N–C) groups is 2. The Labute approximate surface area is 766 Å². The minimum absolute atomic E-state index is 0.0198. The lowest BCUT2D eigenvalue weighted by molar-refractivity contribution is -0.136. The second-order valence-electron chi connectivity index (χ2n) is 30.4.